The minimum Gasteiger partial charge on any atom is -0.485 e. The molecular formula is C14H14FN3O2. The van der Waals surface area contributed by atoms with Crippen LogP contribution in [0.4, 0.5) is 4.39 Å². The lowest BCUT2D eigenvalue weighted by Gasteiger charge is -2.15. The zero-order chi connectivity index (χ0) is 13.9. The van der Waals surface area contributed by atoms with Gasteiger partial charge >= 0.3 is 0 Å². The molecule has 0 amide bonds. The molecule has 20 heavy (non-hydrogen) atoms. The molecule has 5 nitrogen and oxygen atoms in total. The molecule has 1 aliphatic heterocycles. The molecule has 0 N–H and O–H groups in total. The lowest BCUT2D eigenvalue weighted by molar-refractivity contribution is 0.112. The van der Waals surface area contributed by atoms with Gasteiger partial charge in [-0.25, -0.2) is 4.39 Å². The zero-order valence-corrected chi connectivity index (χ0v) is 10.9. The normalized spacial score (nSPS) is 13.8. The first-order valence-corrected chi connectivity index (χ1v) is 6.56. The Kier molecular flexibility index (Phi) is 3.45. The Morgan fingerprint density at radius 2 is 2.20 bits per heavy atom. The molecule has 1 aliphatic rings. The highest BCUT2D eigenvalue weighted by molar-refractivity contribution is 5.75. The van der Waals surface area contributed by atoms with Crippen LogP contribution < -0.4 is 4.74 Å². The van der Waals surface area contributed by atoms with E-state index < -0.39 is 5.82 Å². The Hall–Kier alpha value is -2.24. The highest BCUT2D eigenvalue weighted by Crippen LogP contribution is 2.18. The number of halogens is 1. The second-order valence-electron chi connectivity index (χ2n) is 4.77. The quantitative estimate of drug-likeness (QED) is 0.802. The summed E-state index contributed by atoms with van der Waals surface area (Å²) in [7, 11) is 0. The number of aromatic nitrogens is 3. The summed E-state index contributed by atoms with van der Waals surface area (Å²) >= 11 is 0. The molecule has 3 rings (SSSR count). The lowest BCUT2D eigenvalue weighted by Crippen LogP contribution is -2.14. The van der Waals surface area contributed by atoms with Gasteiger partial charge in [-0.15, -0.1) is 10.2 Å². The second kappa shape index (κ2) is 5.40. The summed E-state index contributed by atoms with van der Waals surface area (Å²) in [5.74, 6) is 1.53. The van der Waals surface area contributed by atoms with Crippen LogP contribution in [-0.4, -0.2) is 21.1 Å². The number of benzene rings is 1. The van der Waals surface area contributed by atoms with Crippen LogP contribution in [0.2, 0.25) is 0 Å². The van der Waals surface area contributed by atoms with E-state index in [0.29, 0.717) is 12.0 Å². The third kappa shape index (κ3) is 2.54. The molecule has 1 aromatic heterocycles. The Labute approximate surface area is 115 Å². The standard InChI is InChI=1S/C14H14FN3O2/c15-11-5-10(8-19)6-12(7-11)20-9-14-17-16-13-3-1-2-4-18(13)14/h5-8H,1-4,9H2. The van der Waals surface area contributed by atoms with Crippen LogP contribution in [0.5, 0.6) is 5.75 Å². The lowest BCUT2D eigenvalue weighted by atomic mass is 10.2. The van der Waals surface area contributed by atoms with Crippen LogP contribution in [-0.2, 0) is 19.6 Å². The first-order valence-electron chi connectivity index (χ1n) is 6.56. The topological polar surface area (TPSA) is 57.0 Å². The fourth-order valence-electron chi connectivity index (χ4n) is 2.36. The van der Waals surface area contributed by atoms with Gasteiger partial charge in [0, 0.05) is 24.6 Å². The number of hydrogen-bond acceptors (Lipinski definition) is 4. The molecule has 2 aromatic rings. The Bertz CT molecular complexity index is 639. The molecule has 2 heterocycles. The van der Waals surface area contributed by atoms with Crippen molar-refractivity contribution in [1.82, 2.24) is 14.8 Å². The van der Waals surface area contributed by atoms with Gasteiger partial charge in [0.05, 0.1) is 0 Å². The van der Waals surface area contributed by atoms with Crippen molar-refractivity contribution in [2.24, 2.45) is 0 Å². The van der Waals surface area contributed by atoms with Crippen molar-refractivity contribution in [2.75, 3.05) is 0 Å². The molecule has 1 aromatic carbocycles. The summed E-state index contributed by atoms with van der Waals surface area (Å²) in [6.07, 6.45) is 3.76. The van der Waals surface area contributed by atoms with Crippen LogP contribution in [0.15, 0.2) is 18.2 Å². The SMILES string of the molecule is O=Cc1cc(F)cc(OCc2nnc3n2CCCC3)c1. The predicted octanol–water partition coefficient (Wildman–Crippen LogP) is 2.15. The van der Waals surface area contributed by atoms with Crippen molar-refractivity contribution in [2.45, 2.75) is 32.4 Å². The molecule has 0 saturated heterocycles. The third-order valence-corrected chi connectivity index (χ3v) is 3.33. The van der Waals surface area contributed by atoms with Gasteiger partial charge in [-0.2, -0.15) is 0 Å². The minimum absolute atomic E-state index is 0.217. The Balaban J connectivity index is 1.75. The largest absolute Gasteiger partial charge is 0.485 e. The number of hydrogen-bond donors (Lipinski definition) is 0. The molecule has 0 spiro atoms. The fraction of sp³-hybridized carbons (Fsp3) is 0.357. The molecule has 0 radical (unpaired) electrons. The zero-order valence-electron chi connectivity index (χ0n) is 10.9. The number of carbonyl (C=O) groups is 1. The van der Waals surface area contributed by atoms with Gasteiger partial charge in [-0.3, -0.25) is 4.79 Å². The summed E-state index contributed by atoms with van der Waals surface area (Å²) in [4.78, 5) is 10.7. The highest BCUT2D eigenvalue weighted by Gasteiger charge is 2.16. The number of aryl methyl sites for hydroxylation is 1. The van der Waals surface area contributed by atoms with Crippen LogP contribution in [0.25, 0.3) is 0 Å². The monoisotopic (exact) mass is 275 g/mol. The van der Waals surface area contributed by atoms with E-state index in [1.165, 1.54) is 18.2 Å². The summed E-state index contributed by atoms with van der Waals surface area (Å²) < 4.78 is 20.8. The van der Waals surface area contributed by atoms with E-state index in [4.69, 9.17) is 4.74 Å². The molecule has 0 bridgehead atoms. The summed E-state index contributed by atoms with van der Waals surface area (Å²) in [6.45, 7) is 1.11. The number of carbonyl (C=O) groups excluding carboxylic acids is 1. The van der Waals surface area contributed by atoms with Crippen LogP contribution >= 0.6 is 0 Å². The third-order valence-electron chi connectivity index (χ3n) is 3.33. The van der Waals surface area contributed by atoms with Gasteiger partial charge in [-0.05, 0) is 25.0 Å². The van der Waals surface area contributed by atoms with E-state index in [0.717, 1.165) is 37.5 Å². The number of nitrogens with zero attached hydrogens (tertiary/aromatic N) is 3. The maximum Gasteiger partial charge on any atom is 0.171 e. The molecule has 0 fully saturated rings. The number of aldehydes is 1. The number of rotatable bonds is 4. The van der Waals surface area contributed by atoms with E-state index in [9.17, 15) is 9.18 Å². The van der Waals surface area contributed by atoms with Gasteiger partial charge in [0.15, 0.2) is 5.82 Å². The minimum atomic E-state index is -0.493. The predicted molar refractivity (Wildman–Crippen MR) is 69.1 cm³/mol. The van der Waals surface area contributed by atoms with Gasteiger partial charge in [0.1, 0.15) is 30.3 Å². The van der Waals surface area contributed by atoms with Gasteiger partial charge < -0.3 is 9.30 Å². The number of fused-ring (bicyclic) bond motifs is 1. The van der Waals surface area contributed by atoms with Crippen molar-refractivity contribution in [3.63, 3.8) is 0 Å². The van der Waals surface area contributed by atoms with E-state index >= 15 is 0 Å². The molecule has 6 heteroatoms. The van der Waals surface area contributed by atoms with Gasteiger partial charge in [0.25, 0.3) is 0 Å². The van der Waals surface area contributed by atoms with Crippen molar-refractivity contribution >= 4 is 6.29 Å². The molecule has 0 unspecified atom stereocenters. The molecule has 0 saturated carbocycles. The first-order chi connectivity index (χ1) is 9.76. The highest BCUT2D eigenvalue weighted by atomic mass is 19.1. The molecule has 0 aliphatic carbocycles. The second-order valence-corrected chi connectivity index (χ2v) is 4.77. The van der Waals surface area contributed by atoms with Gasteiger partial charge in [-0.1, -0.05) is 0 Å². The van der Waals surface area contributed by atoms with Gasteiger partial charge in [0.2, 0.25) is 0 Å². The van der Waals surface area contributed by atoms with Crippen molar-refractivity contribution in [1.29, 1.82) is 0 Å². The maximum atomic E-state index is 13.3. The van der Waals surface area contributed by atoms with E-state index in [1.807, 2.05) is 4.57 Å². The Morgan fingerprint density at radius 1 is 1.30 bits per heavy atom. The smallest absolute Gasteiger partial charge is 0.171 e. The maximum absolute atomic E-state index is 13.3. The van der Waals surface area contributed by atoms with E-state index in [2.05, 4.69) is 10.2 Å². The summed E-state index contributed by atoms with van der Waals surface area (Å²) in [6, 6.07) is 3.92. The van der Waals surface area contributed by atoms with Crippen LogP contribution in [0, 0.1) is 5.82 Å². The molecule has 0 atom stereocenters. The van der Waals surface area contributed by atoms with Crippen molar-refractivity contribution in [3.8, 4) is 5.75 Å². The average Bonchev–Trinajstić information content (AvgIpc) is 2.88. The van der Waals surface area contributed by atoms with E-state index in [-0.39, 0.29) is 12.2 Å². The Morgan fingerprint density at radius 3 is 3.05 bits per heavy atom. The summed E-state index contributed by atoms with van der Waals surface area (Å²) in [5.41, 5.74) is 0.253. The van der Waals surface area contributed by atoms with E-state index in [1.54, 1.807) is 0 Å². The average molecular weight is 275 g/mol. The van der Waals surface area contributed by atoms with Crippen molar-refractivity contribution < 1.29 is 13.9 Å². The fourth-order valence-corrected chi connectivity index (χ4v) is 2.36. The summed E-state index contributed by atoms with van der Waals surface area (Å²) in [5, 5.41) is 8.23. The van der Waals surface area contributed by atoms with Crippen LogP contribution in [0.3, 0.4) is 0 Å². The first kappa shape index (κ1) is 12.8. The molecule has 104 valence electrons. The number of ether oxygens (including phenoxy) is 1. The van der Waals surface area contributed by atoms with Crippen LogP contribution in [0.1, 0.15) is 34.8 Å². The molecular weight excluding hydrogens is 261 g/mol. The van der Waals surface area contributed by atoms with Crippen molar-refractivity contribution in [3.05, 3.63) is 41.2 Å².